The maximum Gasteiger partial charge on any atom is 0.0623 e. The lowest BCUT2D eigenvalue weighted by Crippen LogP contribution is -1.96. The Morgan fingerprint density at radius 1 is 0.140 bits per heavy atom. The van der Waals surface area contributed by atoms with Crippen LogP contribution < -0.4 is 0 Å². The summed E-state index contributed by atoms with van der Waals surface area (Å²) >= 11 is 0. The number of benzene rings is 16. The second-order valence-electron chi connectivity index (χ2n) is 25.7. The van der Waals surface area contributed by atoms with Gasteiger partial charge in [0.05, 0.1) is 49.6 Å². The smallest absolute Gasteiger partial charge is 0.0623 e. The van der Waals surface area contributed by atoms with Crippen molar-refractivity contribution in [2.24, 2.45) is 0 Å². The van der Waals surface area contributed by atoms with Crippen LogP contribution in [0.5, 0.6) is 0 Å². The third-order valence-corrected chi connectivity index (χ3v) is 20.0. The van der Waals surface area contributed by atoms with E-state index in [1.807, 2.05) is 66.7 Å². The summed E-state index contributed by atoms with van der Waals surface area (Å²) in [5, 5.41) is 8.69. The second kappa shape index (κ2) is 24.4. The fraction of sp³-hybridized carbons (Fsp3) is 0. The van der Waals surface area contributed by atoms with Gasteiger partial charge in [0.2, 0.25) is 0 Å². The Morgan fingerprint density at radius 2 is 0.390 bits per heavy atom. The SMILES string of the molecule is [2H]c1ccc2c(c1)c1cc(-c3ccc4c(c3)c3cc([2H])ccc3n4-c3cc(-c4ccccc4)cc(-c4ccccc4)c3)ccc1n2-c1ccccc1.[2H]c1ccc2c(c1)c1cc(-c3ccc4c(c3)c3cc([2H])ccc3n4-c3cccc(-c4ccccc4)c3)ccc1n2-c1ccc(-c2ccccc2)cc1. The fourth-order valence-electron chi connectivity index (χ4n) is 15.3. The highest BCUT2D eigenvalue weighted by Gasteiger charge is 2.20. The van der Waals surface area contributed by atoms with Crippen molar-refractivity contribution in [1.29, 1.82) is 0 Å². The molecule has 4 nitrogen and oxygen atoms in total. The third kappa shape index (κ3) is 10.1. The molecule has 16 aromatic carbocycles. The van der Waals surface area contributed by atoms with Gasteiger partial charge in [-0.15, -0.1) is 0 Å². The van der Waals surface area contributed by atoms with Gasteiger partial charge in [-0.1, -0.05) is 261 Å². The van der Waals surface area contributed by atoms with Crippen LogP contribution in [0.2, 0.25) is 0 Å². The first-order valence-electron chi connectivity index (χ1n) is 36.0. The molecular weight excluding hydrogens is 1210 g/mol. The number of rotatable bonds is 10. The lowest BCUT2D eigenvalue weighted by atomic mass is 9.98. The number of para-hydroxylation sites is 5. The molecule has 0 bridgehead atoms. The Kier molecular flexibility index (Phi) is 13.2. The molecule has 20 aromatic rings. The lowest BCUT2D eigenvalue weighted by Gasteiger charge is -2.14. The number of hydrogen-bond donors (Lipinski definition) is 0. The molecule has 0 unspecified atom stereocenters. The predicted octanol–water partition coefficient (Wildman–Crippen LogP) is 25.8. The maximum atomic E-state index is 8.61. The second-order valence-corrected chi connectivity index (χ2v) is 25.7. The van der Waals surface area contributed by atoms with Gasteiger partial charge in [-0.2, -0.15) is 0 Å². The van der Waals surface area contributed by atoms with E-state index in [2.05, 4.69) is 316 Å². The van der Waals surface area contributed by atoms with E-state index in [1.54, 1.807) is 0 Å². The molecule has 0 N–H and O–H groups in total. The van der Waals surface area contributed by atoms with Gasteiger partial charge >= 0.3 is 0 Å². The zero-order valence-electron chi connectivity index (χ0n) is 58.4. The quantitative estimate of drug-likeness (QED) is 0.130. The lowest BCUT2D eigenvalue weighted by molar-refractivity contribution is 1.18. The van der Waals surface area contributed by atoms with E-state index in [0.29, 0.717) is 24.2 Å². The van der Waals surface area contributed by atoms with Crippen LogP contribution in [0.15, 0.2) is 388 Å². The molecule has 4 heteroatoms. The van der Waals surface area contributed by atoms with E-state index in [0.717, 1.165) is 149 Å². The summed E-state index contributed by atoms with van der Waals surface area (Å²) in [6.45, 7) is 0. The topological polar surface area (TPSA) is 19.7 Å². The van der Waals surface area contributed by atoms with Crippen LogP contribution in [0.1, 0.15) is 5.48 Å². The minimum Gasteiger partial charge on any atom is -0.309 e. The highest BCUT2D eigenvalue weighted by molar-refractivity contribution is 6.15. The number of aromatic nitrogens is 4. The van der Waals surface area contributed by atoms with Gasteiger partial charge in [0.15, 0.2) is 0 Å². The van der Waals surface area contributed by atoms with E-state index in [4.69, 9.17) is 5.48 Å². The molecule has 0 saturated carbocycles. The molecule has 0 spiro atoms. The van der Waals surface area contributed by atoms with Crippen LogP contribution in [0.25, 0.3) is 177 Å². The van der Waals surface area contributed by atoms with Gasteiger partial charge in [-0.25, -0.2) is 0 Å². The van der Waals surface area contributed by atoms with Crippen molar-refractivity contribution in [1.82, 2.24) is 18.3 Å². The van der Waals surface area contributed by atoms with Crippen LogP contribution in [-0.2, 0) is 0 Å². The molecular formula is C96H64N4. The monoisotopic (exact) mass is 1280 g/mol. The first-order valence-corrected chi connectivity index (χ1v) is 34.0. The molecule has 20 rings (SSSR count). The minimum atomic E-state index is 0.487. The zero-order valence-corrected chi connectivity index (χ0v) is 54.4. The number of fused-ring (bicyclic) bond motifs is 12. The van der Waals surface area contributed by atoms with E-state index < -0.39 is 0 Å². The molecule has 0 fully saturated rings. The summed E-state index contributed by atoms with van der Waals surface area (Å²) < 4.78 is 43.3. The fourth-order valence-corrected chi connectivity index (χ4v) is 15.3. The summed E-state index contributed by atoms with van der Waals surface area (Å²) in [6.07, 6.45) is 0. The van der Waals surface area contributed by atoms with Gasteiger partial charge in [0, 0.05) is 65.8 Å². The van der Waals surface area contributed by atoms with Crippen LogP contribution in [-0.4, -0.2) is 18.3 Å². The van der Waals surface area contributed by atoms with Crippen molar-refractivity contribution in [2.75, 3.05) is 0 Å². The molecule has 100 heavy (non-hydrogen) atoms. The predicted molar refractivity (Wildman–Crippen MR) is 423 cm³/mol. The molecule has 0 radical (unpaired) electrons. The Balaban J connectivity index is 0.000000143. The Morgan fingerprint density at radius 3 is 0.770 bits per heavy atom. The van der Waals surface area contributed by atoms with E-state index in [9.17, 15) is 0 Å². The summed E-state index contributed by atoms with van der Waals surface area (Å²) in [7, 11) is 0. The molecule has 0 saturated heterocycles. The Labute approximate surface area is 585 Å². The summed E-state index contributed by atoms with van der Waals surface area (Å²) in [6, 6.07) is 129. The average Bonchev–Trinajstić information content (AvgIpc) is 1.59. The summed E-state index contributed by atoms with van der Waals surface area (Å²) in [4.78, 5) is 0. The van der Waals surface area contributed by atoms with Gasteiger partial charge < -0.3 is 18.3 Å². The van der Waals surface area contributed by atoms with Crippen LogP contribution in [0.3, 0.4) is 0 Å². The van der Waals surface area contributed by atoms with E-state index in [-0.39, 0.29) is 0 Å². The standard InChI is InChI=1S/2C48H32N2/c1-4-14-33(15-5-1)37-28-38(34-16-6-2-7-17-34)30-40(29-37)50-46-23-13-11-21-42(46)44-32-36(25-27-48(44)50)35-24-26-47-43(31-35)41-20-10-12-22-45(41)49(47)39-18-8-3-9-19-39;1-3-12-33(13-4-1)35-22-26-39(27-23-35)49-45-20-9-7-18-41(45)43-31-37(24-28-47(43)49)38-25-29-48-44(32-38)42-19-8-10-21-46(42)50(48)40-17-11-16-36(30-40)34-14-5-2-6-15-34/h2*1-32H/i10D,11D;7D,8D. The van der Waals surface area contributed by atoms with Crippen molar-refractivity contribution in [3.8, 4) is 89.5 Å². The average molecular weight is 1280 g/mol. The van der Waals surface area contributed by atoms with Crippen LogP contribution >= 0.6 is 0 Å². The first-order chi connectivity index (χ1) is 51.2. The molecule has 0 atom stereocenters. The van der Waals surface area contributed by atoms with E-state index in [1.165, 1.54) is 27.8 Å². The maximum absolute atomic E-state index is 8.61. The van der Waals surface area contributed by atoms with Crippen molar-refractivity contribution >= 4 is 87.2 Å². The van der Waals surface area contributed by atoms with Crippen molar-refractivity contribution < 1.29 is 5.48 Å². The molecule has 0 aliphatic heterocycles. The van der Waals surface area contributed by atoms with E-state index >= 15 is 0 Å². The van der Waals surface area contributed by atoms with Crippen molar-refractivity contribution in [3.05, 3.63) is 388 Å². The molecule has 468 valence electrons. The summed E-state index contributed by atoms with van der Waals surface area (Å²) in [5.74, 6) is 0. The van der Waals surface area contributed by atoms with Crippen LogP contribution in [0.4, 0.5) is 0 Å². The summed E-state index contributed by atoms with van der Waals surface area (Å²) in [5.41, 5.74) is 26.8. The van der Waals surface area contributed by atoms with Gasteiger partial charge in [0.1, 0.15) is 0 Å². The van der Waals surface area contributed by atoms with Crippen molar-refractivity contribution in [3.63, 3.8) is 0 Å². The Hall–Kier alpha value is -13.3. The molecule has 0 aliphatic carbocycles. The third-order valence-electron chi connectivity index (χ3n) is 20.0. The van der Waals surface area contributed by atoms with Gasteiger partial charge in [-0.3, -0.25) is 0 Å². The molecule has 0 amide bonds. The highest BCUT2D eigenvalue weighted by Crippen LogP contribution is 2.43. The largest absolute Gasteiger partial charge is 0.309 e. The molecule has 4 aromatic heterocycles. The zero-order chi connectivity index (χ0) is 69.5. The first kappa shape index (κ1) is 53.9. The molecule has 4 heterocycles. The normalized spacial score (nSPS) is 12.2. The van der Waals surface area contributed by atoms with Gasteiger partial charge in [-0.05, 0) is 194 Å². The minimum absolute atomic E-state index is 0.487. The molecule has 0 aliphatic rings. The van der Waals surface area contributed by atoms with Gasteiger partial charge in [0.25, 0.3) is 0 Å². The number of hydrogen-bond acceptors (Lipinski definition) is 0. The van der Waals surface area contributed by atoms with Crippen LogP contribution in [0, 0.1) is 0 Å². The Bertz CT molecular complexity index is 6680. The van der Waals surface area contributed by atoms with Crippen molar-refractivity contribution in [2.45, 2.75) is 0 Å². The number of nitrogens with zero attached hydrogens (tertiary/aromatic N) is 4. The highest BCUT2D eigenvalue weighted by atomic mass is 15.0.